The van der Waals surface area contributed by atoms with Crippen molar-refractivity contribution in [3.8, 4) is 17.6 Å². The molecule has 0 spiro atoms. The molecule has 2 aromatic carbocycles. The van der Waals surface area contributed by atoms with Gasteiger partial charge in [0.05, 0.1) is 12.5 Å². The number of anilines is 1. The number of nitrogens with two attached hydrogens (primary N) is 1. The van der Waals surface area contributed by atoms with E-state index in [9.17, 15) is 0 Å². The summed E-state index contributed by atoms with van der Waals surface area (Å²) < 4.78 is 5.79. The van der Waals surface area contributed by atoms with Gasteiger partial charge in [-0.1, -0.05) is 26.0 Å². The summed E-state index contributed by atoms with van der Waals surface area (Å²) in [5, 5.41) is 8.76. The van der Waals surface area contributed by atoms with E-state index >= 15 is 0 Å². The molecule has 0 saturated carbocycles. The van der Waals surface area contributed by atoms with Crippen molar-refractivity contribution in [1.82, 2.24) is 0 Å². The molecule has 0 atom stereocenters. The van der Waals surface area contributed by atoms with Gasteiger partial charge < -0.3 is 10.5 Å². The summed E-state index contributed by atoms with van der Waals surface area (Å²) in [5.41, 5.74) is 8.51. The van der Waals surface area contributed by atoms with Crippen LogP contribution >= 0.6 is 0 Å². The minimum absolute atomic E-state index is 0.287. The van der Waals surface area contributed by atoms with Crippen LogP contribution in [0.5, 0.6) is 11.5 Å². The van der Waals surface area contributed by atoms with E-state index in [-0.39, 0.29) is 6.42 Å². The van der Waals surface area contributed by atoms with E-state index in [0.29, 0.717) is 17.4 Å². The predicted molar refractivity (Wildman–Crippen MR) is 80.8 cm³/mol. The van der Waals surface area contributed by atoms with Gasteiger partial charge in [-0.2, -0.15) is 5.26 Å². The van der Waals surface area contributed by atoms with Crippen molar-refractivity contribution in [3.05, 3.63) is 53.6 Å². The molecule has 0 heterocycles. The van der Waals surface area contributed by atoms with Crippen molar-refractivity contribution in [1.29, 1.82) is 5.26 Å². The Kier molecular flexibility index (Phi) is 4.27. The lowest BCUT2D eigenvalue weighted by Gasteiger charge is -2.10. The Balaban J connectivity index is 2.17. The monoisotopic (exact) mass is 266 g/mol. The molecule has 0 aliphatic carbocycles. The van der Waals surface area contributed by atoms with Crippen molar-refractivity contribution in [2.75, 3.05) is 5.73 Å². The van der Waals surface area contributed by atoms with Crippen molar-refractivity contribution in [3.63, 3.8) is 0 Å². The lowest BCUT2D eigenvalue weighted by molar-refractivity contribution is 0.482. The first-order chi connectivity index (χ1) is 9.60. The summed E-state index contributed by atoms with van der Waals surface area (Å²) in [6, 6.07) is 15.5. The largest absolute Gasteiger partial charge is 0.457 e. The number of nitrogens with zero attached hydrogens (tertiary/aromatic N) is 1. The normalized spacial score (nSPS) is 10.3. The van der Waals surface area contributed by atoms with Gasteiger partial charge in [0, 0.05) is 5.69 Å². The zero-order valence-corrected chi connectivity index (χ0v) is 11.8. The van der Waals surface area contributed by atoms with Crippen molar-refractivity contribution in [2.24, 2.45) is 0 Å². The molecule has 0 amide bonds. The Labute approximate surface area is 119 Å². The maximum absolute atomic E-state index is 8.76. The number of hydrogen-bond donors (Lipinski definition) is 1. The van der Waals surface area contributed by atoms with Crippen molar-refractivity contribution < 1.29 is 4.74 Å². The van der Waals surface area contributed by atoms with Gasteiger partial charge in [0.1, 0.15) is 11.5 Å². The number of nitriles is 1. The Morgan fingerprint density at radius 3 is 2.35 bits per heavy atom. The Morgan fingerprint density at radius 2 is 1.75 bits per heavy atom. The van der Waals surface area contributed by atoms with Crippen LogP contribution in [0.15, 0.2) is 42.5 Å². The molecule has 3 heteroatoms. The van der Waals surface area contributed by atoms with E-state index in [1.807, 2.05) is 24.3 Å². The maximum atomic E-state index is 8.76. The van der Waals surface area contributed by atoms with Gasteiger partial charge >= 0.3 is 0 Å². The first-order valence-electron chi connectivity index (χ1n) is 6.63. The molecule has 2 rings (SSSR count). The van der Waals surface area contributed by atoms with E-state index in [1.54, 1.807) is 6.07 Å². The molecule has 0 aliphatic rings. The van der Waals surface area contributed by atoms with E-state index in [4.69, 9.17) is 15.7 Å². The van der Waals surface area contributed by atoms with Crippen molar-refractivity contribution in [2.45, 2.75) is 26.2 Å². The third-order valence-corrected chi connectivity index (χ3v) is 3.17. The average molecular weight is 266 g/mol. The second-order valence-electron chi connectivity index (χ2n) is 5.02. The van der Waals surface area contributed by atoms with E-state index in [2.05, 4.69) is 32.0 Å². The highest BCUT2D eigenvalue weighted by molar-refractivity contribution is 5.52. The topological polar surface area (TPSA) is 59.0 Å². The molecule has 3 nitrogen and oxygen atoms in total. The third-order valence-electron chi connectivity index (χ3n) is 3.17. The molecule has 0 bridgehead atoms. The maximum Gasteiger partial charge on any atom is 0.127 e. The second kappa shape index (κ2) is 6.12. The van der Waals surface area contributed by atoms with Gasteiger partial charge in [-0.3, -0.25) is 0 Å². The standard InChI is InChI=1S/C17H18N2O/c1-12(2)13-3-5-15(6-4-13)20-16-7-8-17(19)14(11-16)9-10-18/h3-8,11-12H,9,19H2,1-2H3. The van der Waals surface area contributed by atoms with Gasteiger partial charge in [-0.15, -0.1) is 0 Å². The summed E-state index contributed by atoms with van der Waals surface area (Å²) in [4.78, 5) is 0. The fourth-order valence-electron chi connectivity index (χ4n) is 1.94. The summed E-state index contributed by atoms with van der Waals surface area (Å²) in [6.45, 7) is 4.31. The lowest BCUT2D eigenvalue weighted by atomic mass is 10.0. The van der Waals surface area contributed by atoms with Gasteiger partial charge in [-0.25, -0.2) is 0 Å². The van der Waals surface area contributed by atoms with Crippen LogP contribution in [-0.4, -0.2) is 0 Å². The zero-order valence-electron chi connectivity index (χ0n) is 11.8. The van der Waals surface area contributed by atoms with Crippen LogP contribution in [0.4, 0.5) is 5.69 Å². The minimum Gasteiger partial charge on any atom is -0.457 e. The van der Waals surface area contributed by atoms with Gasteiger partial charge in [-0.05, 0) is 47.4 Å². The van der Waals surface area contributed by atoms with Gasteiger partial charge in [0.15, 0.2) is 0 Å². The van der Waals surface area contributed by atoms with E-state index in [1.165, 1.54) is 5.56 Å². The number of ether oxygens (including phenoxy) is 1. The third kappa shape index (κ3) is 3.30. The highest BCUT2D eigenvalue weighted by atomic mass is 16.5. The fourth-order valence-corrected chi connectivity index (χ4v) is 1.94. The van der Waals surface area contributed by atoms with E-state index in [0.717, 1.165) is 11.3 Å². The van der Waals surface area contributed by atoms with Crippen LogP contribution in [0.2, 0.25) is 0 Å². The fraction of sp³-hybridized carbons (Fsp3) is 0.235. The van der Waals surface area contributed by atoms with Crippen molar-refractivity contribution >= 4 is 5.69 Å². The molecule has 0 saturated heterocycles. The number of rotatable bonds is 4. The predicted octanol–water partition coefficient (Wildman–Crippen LogP) is 4.25. The second-order valence-corrected chi connectivity index (χ2v) is 5.02. The lowest BCUT2D eigenvalue weighted by Crippen LogP contribution is -1.94. The average Bonchev–Trinajstić information content (AvgIpc) is 2.43. The summed E-state index contributed by atoms with van der Waals surface area (Å²) in [5.74, 6) is 1.98. The van der Waals surface area contributed by atoms with Gasteiger partial charge in [0.2, 0.25) is 0 Å². The Bertz CT molecular complexity index is 624. The van der Waals surface area contributed by atoms with Crippen LogP contribution < -0.4 is 10.5 Å². The molecule has 102 valence electrons. The van der Waals surface area contributed by atoms with Crippen LogP contribution in [0, 0.1) is 11.3 Å². The van der Waals surface area contributed by atoms with Crippen LogP contribution in [0.25, 0.3) is 0 Å². The molecular weight excluding hydrogens is 248 g/mol. The Hall–Kier alpha value is -2.47. The highest BCUT2D eigenvalue weighted by Gasteiger charge is 2.04. The molecule has 0 aliphatic heterocycles. The summed E-state index contributed by atoms with van der Waals surface area (Å²) in [7, 11) is 0. The molecule has 0 fully saturated rings. The molecule has 0 aromatic heterocycles. The first kappa shape index (κ1) is 14.0. The van der Waals surface area contributed by atoms with E-state index < -0.39 is 0 Å². The zero-order chi connectivity index (χ0) is 14.5. The molecule has 2 N–H and O–H groups in total. The number of nitrogen functional groups attached to an aromatic ring is 1. The number of hydrogen-bond acceptors (Lipinski definition) is 3. The summed E-state index contributed by atoms with van der Waals surface area (Å²) in [6.07, 6.45) is 0.287. The molecule has 20 heavy (non-hydrogen) atoms. The molecule has 2 aromatic rings. The van der Waals surface area contributed by atoms with Crippen LogP contribution in [0.1, 0.15) is 30.9 Å². The molecular formula is C17H18N2O. The quantitative estimate of drug-likeness (QED) is 0.841. The first-order valence-corrected chi connectivity index (χ1v) is 6.63. The van der Waals surface area contributed by atoms with Crippen LogP contribution in [0.3, 0.4) is 0 Å². The molecule has 0 unspecified atom stereocenters. The number of benzene rings is 2. The Morgan fingerprint density at radius 1 is 1.10 bits per heavy atom. The SMILES string of the molecule is CC(C)c1ccc(Oc2ccc(N)c(CC#N)c2)cc1. The summed E-state index contributed by atoms with van der Waals surface area (Å²) >= 11 is 0. The molecule has 0 radical (unpaired) electrons. The smallest absolute Gasteiger partial charge is 0.127 e. The highest BCUT2D eigenvalue weighted by Crippen LogP contribution is 2.26. The van der Waals surface area contributed by atoms with Crippen LogP contribution in [-0.2, 0) is 6.42 Å². The minimum atomic E-state index is 0.287. The van der Waals surface area contributed by atoms with Gasteiger partial charge in [0.25, 0.3) is 0 Å².